The van der Waals surface area contributed by atoms with Crippen molar-refractivity contribution in [2.24, 2.45) is 11.7 Å². The second-order valence-electron chi connectivity index (χ2n) is 7.22. The van der Waals surface area contributed by atoms with Gasteiger partial charge in [0.15, 0.2) is 6.54 Å². The maximum absolute atomic E-state index is 12.7. The number of nitrogens with zero attached hydrogens (tertiary/aromatic N) is 2. The number of quaternary nitrogens is 1. The Morgan fingerprint density at radius 3 is 2.41 bits per heavy atom. The summed E-state index contributed by atoms with van der Waals surface area (Å²) in [5, 5.41) is 0. The number of carbonyl (C=O) groups excluding carboxylic acids is 2. The number of nitrogens with two attached hydrogens (primary N) is 1. The van der Waals surface area contributed by atoms with Crippen LogP contribution in [0.2, 0.25) is 0 Å². The lowest BCUT2D eigenvalue weighted by molar-refractivity contribution is -0.899. The Balaban J connectivity index is 1.53. The quantitative estimate of drug-likeness (QED) is 0.620. The van der Waals surface area contributed by atoms with Crippen molar-refractivity contribution in [3.63, 3.8) is 0 Å². The van der Waals surface area contributed by atoms with E-state index in [2.05, 4.69) is 0 Å². The molecule has 0 aliphatic carbocycles. The molecule has 2 fully saturated rings. The molecule has 148 valence electrons. The molecule has 1 unspecified atom stereocenters. The van der Waals surface area contributed by atoms with E-state index in [1.165, 1.54) is 4.31 Å². The molecule has 0 aromatic heterocycles. The summed E-state index contributed by atoms with van der Waals surface area (Å²) in [6, 6.07) is 8.35. The number of amides is 2. The highest BCUT2D eigenvalue weighted by molar-refractivity contribution is 7.89. The topological polar surface area (TPSA) is 105 Å². The molecule has 0 bridgehead atoms. The van der Waals surface area contributed by atoms with Gasteiger partial charge in [0.25, 0.3) is 5.91 Å². The first kappa shape index (κ1) is 19.8. The summed E-state index contributed by atoms with van der Waals surface area (Å²) in [5.74, 6) is -0.444. The van der Waals surface area contributed by atoms with Gasteiger partial charge < -0.3 is 15.5 Å². The van der Waals surface area contributed by atoms with Crippen molar-refractivity contribution in [1.29, 1.82) is 0 Å². The monoisotopic (exact) mass is 395 g/mol. The molecule has 9 heteroatoms. The van der Waals surface area contributed by atoms with Crippen LogP contribution in [0.5, 0.6) is 0 Å². The smallest absolute Gasteiger partial charge is 0.277 e. The predicted molar refractivity (Wildman–Crippen MR) is 99.3 cm³/mol. The lowest BCUT2D eigenvalue weighted by Gasteiger charge is -2.35. The number of hydrogen-bond donors (Lipinski definition) is 2. The molecular formula is C18H27N4O4S+. The Morgan fingerprint density at radius 1 is 1.11 bits per heavy atom. The van der Waals surface area contributed by atoms with Gasteiger partial charge in [0.2, 0.25) is 15.9 Å². The molecule has 2 heterocycles. The number of nitrogens with one attached hydrogen (secondary N) is 1. The van der Waals surface area contributed by atoms with Gasteiger partial charge in [0, 0.05) is 26.2 Å². The fourth-order valence-corrected chi connectivity index (χ4v) is 5.24. The number of benzene rings is 1. The van der Waals surface area contributed by atoms with Gasteiger partial charge in [0.1, 0.15) is 0 Å². The third-order valence-corrected chi connectivity index (χ3v) is 7.31. The van der Waals surface area contributed by atoms with E-state index in [1.807, 2.05) is 0 Å². The van der Waals surface area contributed by atoms with E-state index in [-0.39, 0.29) is 22.6 Å². The molecule has 2 aliphatic rings. The van der Waals surface area contributed by atoms with E-state index in [9.17, 15) is 18.0 Å². The molecule has 3 rings (SSSR count). The van der Waals surface area contributed by atoms with E-state index in [1.54, 1.807) is 35.2 Å². The SMILES string of the molecule is NC(=O)[C@@H]1CCC[NH+](CC(=O)N2CCN(S(=O)(=O)c3ccccc3)CC2)C1. The minimum absolute atomic E-state index is 0.00637. The summed E-state index contributed by atoms with van der Waals surface area (Å²) < 4.78 is 26.7. The molecule has 8 nitrogen and oxygen atoms in total. The number of sulfonamides is 1. The molecule has 0 radical (unpaired) electrons. The third kappa shape index (κ3) is 4.66. The molecule has 0 spiro atoms. The average molecular weight is 396 g/mol. The highest BCUT2D eigenvalue weighted by Gasteiger charge is 2.33. The summed E-state index contributed by atoms with van der Waals surface area (Å²) in [4.78, 5) is 27.1. The number of piperazine rings is 1. The van der Waals surface area contributed by atoms with Gasteiger partial charge in [-0.05, 0) is 25.0 Å². The van der Waals surface area contributed by atoms with Crippen LogP contribution in [-0.4, -0.2) is 75.3 Å². The average Bonchev–Trinajstić information content (AvgIpc) is 2.69. The number of piperidine rings is 1. The van der Waals surface area contributed by atoms with Gasteiger partial charge in [-0.3, -0.25) is 9.59 Å². The zero-order valence-electron chi connectivity index (χ0n) is 15.3. The lowest BCUT2D eigenvalue weighted by Crippen LogP contribution is -3.15. The fraction of sp³-hybridized carbons (Fsp3) is 0.556. The second kappa shape index (κ2) is 8.37. The van der Waals surface area contributed by atoms with Gasteiger partial charge in [-0.15, -0.1) is 0 Å². The van der Waals surface area contributed by atoms with Crippen LogP contribution in [0.4, 0.5) is 0 Å². The lowest BCUT2D eigenvalue weighted by atomic mass is 9.97. The maximum Gasteiger partial charge on any atom is 0.277 e. The zero-order valence-corrected chi connectivity index (χ0v) is 16.2. The van der Waals surface area contributed by atoms with Gasteiger partial charge in [-0.1, -0.05) is 18.2 Å². The molecular weight excluding hydrogens is 368 g/mol. The van der Waals surface area contributed by atoms with E-state index < -0.39 is 10.0 Å². The Bertz CT molecular complexity index is 776. The molecule has 3 N–H and O–H groups in total. The van der Waals surface area contributed by atoms with Crippen LogP contribution in [0.1, 0.15) is 12.8 Å². The minimum atomic E-state index is -3.52. The molecule has 1 aromatic rings. The largest absolute Gasteiger partial charge is 0.369 e. The predicted octanol–water partition coefficient (Wildman–Crippen LogP) is -1.70. The molecule has 0 saturated carbocycles. The number of likely N-dealkylation sites (tertiary alicyclic amines) is 1. The minimum Gasteiger partial charge on any atom is -0.369 e. The van der Waals surface area contributed by atoms with Gasteiger partial charge in [-0.25, -0.2) is 8.42 Å². The summed E-state index contributed by atoms with van der Waals surface area (Å²) in [5.41, 5.74) is 5.40. The number of hydrogen-bond acceptors (Lipinski definition) is 4. The van der Waals surface area contributed by atoms with Crippen LogP contribution in [0.3, 0.4) is 0 Å². The highest BCUT2D eigenvalue weighted by atomic mass is 32.2. The first-order valence-electron chi connectivity index (χ1n) is 9.34. The molecule has 27 heavy (non-hydrogen) atoms. The van der Waals surface area contributed by atoms with Crippen molar-refractivity contribution in [3.8, 4) is 0 Å². The molecule has 2 aliphatic heterocycles. The first-order valence-corrected chi connectivity index (χ1v) is 10.8. The highest BCUT2D eigenvalue weighted by Crippen LogP contribution is 2.17. The normalized spacial score (nSPS) is 24.5. The molecule has 1 aromatic carbocycles. The summed E-state index contributed by atoms with van der Waals surface area (Å²) in [6.45, 7) is 3.15. The van der Waals surface area contributed by atoms with Gasteiger partial charge in [0.05, 0.1) is 23.9 Å². The van der Waals surface area contributed by atoms with Crippen molar-refractivity contribution in [2.45, 2.75) is 17.7 Å². The Labute approximate surface area is 160 Å². The van der Waals surface area contributed by atoms with Gasteiger partial charge >= 0.3 is 0 Å². The van der Waals surface area contributed by atoms with E-state index >= 15 is 0 Å². The number of rotatable bonds is 5. The maximum atomic E-state index is 12.7. The Morgan fingerprint density at radius 2 is 1.78 bits per heavy atom. The summed E-state index contributed by atoms with van der Waals surface area (Å²) in [7, 11) is -3.52. The second-order valence-corrected chi connectivity index (χ2v) is 9.16. The fourth-order valence-electron chi connectivity index (χ4n) is 3.80. The van der Waals surface area contributed by atoms with Crippen LogP contribution < -0.4 is 10.6 Å². The zero-order chi connectivity index (χ0) is 19.4. The molecule has 2 atom stereocenters. The van der Waals surface area contributed by atoms with Crippen molar-refractivity contribution in [2.75, 3.05) is 45.8 Å². The number of carbonyl (C=O) groups is 2. The first-order chi connectivity index (χ1) is 12.9. The van der Waals surface area contributed by atoms with Crippen molar-refractivity contribution >= 4 is 21.8 Å². The van der Waals surface area contributed by atoms with Gasteiger partial charge in [-0.2, -0.15) is 4.31 Å². The van der Waals surface area contributed by atoms with E-state index in [0.717, 1.165) is 24.3 Å². The van der Waals surface area contributed by atoms with E-state index in [0.29, 0.717) is 39.3 Å². The van der Waals surface area contributed by atoms with Crippen molar-refractivity contribution < 1.29 is 22.9 Å². The van der Waals surface area contributed by atoms with Crippen LogP contribution in [-0.2, 0) is 19.6 Å². The van der Waals surface area contributed by atoms with Crippen LogP contribution in [0.15, 0.2) is 35.2 Å². The Kier molecular flexibility index (Phi) is 6.13. The third-order valence-electron chi connectivity index (χ3n) is 5.39. The summed E-state index contributed by atoms with van der Waals surface area (Å²) >= 11 is 0. The Hall–Kier alpha value is -1.97. The number of primary amides is 1. The summed E-state index contributed by atoms with van der Waals surface area (Å²) in [6.07, 6.45) is 1.68. The molecule has 2 amide bonds. The van der Waals surface area contributed by atoms with E-state index in [4.69, 9.17) is 5.73 Å². The van der Waals surface area contributed by atoms with Crippen molar-refractivity contribution in [3.05, 3.63) is 30.3 Å². The molecule has 2 saturated heterocycles. The van der Waals surface area contributed by atoms with Crippen LogP contribution in [0.25, 0.3) is 0 Å². The van der Waals surface area contributed by atoms with Crippen LogP contribution >= 0.6 is 0 Å². The van der Waals surface area contributed by atoms with Crippen LogP contribution in [0, 0.1) is 5.92 Å². The standard InChI is InChI=1S/C18H26N4O4S/c19-18(24)15-5-4-8-20(13-15)14-17(23)21-9-11-22(12-10-21)27(25,26)16-6-2-1-3-7-16/h1-3,6-7,15H,4-5,8-14H2,(H2,19,24)/p+1/t15-/m1/s1. The van der Waals surface area contributed by atoms with Crippen molar-refractivity contribution in [1.82, 2.24) is 9.21 Å².